The van der Waals surface area contributed by atoms with E-state index in [-0.39, 0.29) is 21.6 Å². The molecule has 3 aromatic rings. The summed E-state index contributed by atoms with van der Waals surface area (Å²) in [5.41, 5.74) is 1.18. The molecule has 0 unspecified atom stereocenters. The van der Waals surface area contributed by atoms with Crippen molar-refractivity contribution in [3.05, 3.63) is 89.4 Å². The molecular formula is C23H23ClN2O4S. The number of nitrogens with one attached hydrogen (secondary N) is 1. The minimum atomic E-state index is -4.01. The van der Waals surface area contributed by atoms with Crippen LogP contribution in [0.4, 0.5) is 5.69 Å². The van der Waals surface area contributed by atoms with Gasteiger partial charge in [0.15, 0.2) is 0 Å². The highest BCUT2D eigenvalue weighted by Gasteiger charge is 2.28. The summed E-state index contributed by atoms with van der Waals surface area (Å²) in [4.78, 5) is 12.9. The van der Waals surface area contributed by atoms with E-state index in [0.717, 1.165) is 9.87 Å². The van der Waals surface area contributed by atoms with E-state index in [1.165, 1.54) is 25.3 Å². The summed E-state index contributed by atoms with van der Waals surface area (Å²) in [6.07, 6.45) is 0. The van der Waals surface area contributed by atoms with Crippen LogP contribution in [-0.4, -0.2) is 28.0 Å². The van der Waals surface area contributed by atoms with Crippen molar-refractivity contribution in [3.8, 4) is 5.75 Å². The molecule has 3 aromatic carbocycles. The van der Waals surface area contributed by atoms with Gasteiger partial charge in [0.05, 0.1) is 28.8 Å². The number of carbonyl (C=O) groups is 1. The molecule has 3 rings (SSSR count). The SMILES string of the molecule is COc1ccc(N(CC(=O)N[C@@H](C)c2ccccc2)S(=O)(=O)c2ccccc2)cc1Cl. The van der Waals surface area contributed by atoms with Crippen molar-refractivity contribution < 1.29 is 17.9 Å². The maximum absolute atomic E-state index is 13.4. The third-order valence-electron chi connectivity index (χ3n) is 4.72. The molecule has 0 saturated heterocycles. The fourth-order valence-electron chi connectivity index (χ4n) is 3.09. The van der Waals surface area contributed by atoms with Gasteiger partial charge >= 0.3 is 0 Å². The van der Waals surface area contributed by atoms with Gasteiger partial charge in [-0.2, -0.15) is 0 Å². The fourth-order valence-corrected chi connectivity index (χ4v) is 4.77. The topological polar surface area (TPSA) is 75.7 Å². The molecule has 0 saturated carbocycles. The minimum absolute atomic E-state index is 0.0749. The molecule has 8 heteroatoms. The summed E-state index contributed by atoms with van der Waals surface area (Å²) in [5.74, 6) is -0.0348. The second-order valence-electron chi connectivity index (χ2n) is 6.84. The van der Waals surface area contributed by atoms with Crippen LogP contribution in [0, 0.1) is 0 Å². The number of rotatable bonds is 8. The maximum Gasteiger partial charge on any atom is 0.264 e. The highest BCUT2D eigenvalue weighted by atomic mass is 35.5. The van der Waals surface area contributed by atoms with Crippen molar-refractivity contribution in [2.75, 3.05) is 18.0 Å². The number of hydrogen-bond donors (Lipinski definition) is 1. The van der Waals surface area contributed by atoms with Gasteiger partial charge in [-0.15, -0.1) is 0 Å². The van der Waals surface area contributed by atoms with Crippen molar-refractivity contribution in [3.63, 3.8) is 0 Å². The predicted molar refractivity (Wildman–Crippen MR) is 122 cm³/mol. The molecule has 0 aliphatic carbocycles. The lowest BCUT2D eigenvalue weighted by Gasteiger charge is -2.25. The molecule has 0 bridgehead atoms. The van der Waals surface area contributed by atoms with Crippen LogP contribution >= 0.6 is 11.6 Å². The van der Waals surface area contributed by atoms with E-state index >= 15 is 0 Å². The van der Waals surface area contributed by atoms with E-state index in [1.54, 1.807) is 30.3 Å². The predicted octanol–water partition coefficient (Wildman–Crippen LogP) is 4.42. The largest absolute Gasteiger partial charge is 0.495 e. The van der Waals surface area contributed by atoms with Crippen molar-refractivity contribution in [2.45, 2.75) is 17.9 Å². The molecule has 162 valence electrons. The number of nitrogens with zero attached hydrogens (tertiary/aromatic N) is 1. The lowest BCUT2D eigenvalue weighted by Crippen LogP contribution is -2.41. The van der Waals surface area contributed by atoms with Crippen molar-refractivity contribution in [1.82, 2.24) is 5.32 Å². The van der Waals surface area contributed by atoms with Gasteiger partial charge in [-0.05, 0) is 42.8 Å². The monoisotopic (exact) mass is 458 g/mol. The number of sulfonamides is 1. The number of methoxy groups -OCH3 is 1. The molecule has 0 aromatic heterocycles. The summed E-state index contributed by atoms with van der Waals surface area (Å²) >= 11 is 6.22. The molecule has 1 N–H and O–H groups in total. The standard InChI is InChI=1S/C23H23ClN2O4S/c1-17(18-9-5-3-6-10-18)25-23(27)16-26(19-13-14-22(30-2)21(24)15-19)31(28,29)20-11-7-4-8-12-20/h3-15,17H,16H2,1-2H3,(H,25,27)/t17-/m0/s1. The first-order chi connectivity index (χ1) is 14.8. The van der Waals surface area contributed by atoms with Crippen LogP contribution in [0.1, 0.15) is 18.5 Å². The van der Waals surface area contributed by atoms with Crippen LogP contribution < -0.4 is 14.4 Å². The third-order valence-corrected chi connectivity index (χ3v) is 6.80. The summed E-state index contributed by atoms with van der Waals surface area (Å²) in [6.45, 7) is 1.44. The van der Waals surface area contributed by atoms with Gasteiger partial charge in [0.25, 0.3) is 10.0 Å². The molecule has 0 radical (unpaired) electrons. The van der Waals surface area contributed by atoms with E-state index in [1.807, 2.05) is 37.3 Å². The number of anilines is 1. The Morgan fingerprint density at radius 2 is 1.65 bits per heavy atom. The Morgan fingerprint density at radius 3 is 2.23 bits per heavy atom. The highest BCUT2D eigenvalue weighted by Crippen LogP contribution is 2.31. The average Bonchev–Trinajstić information content (AvgIpc) is 2.78. The second kappa shape index (κ2) is 9.85. The van der Waals surface area contributed by atoms with Crippen molar-refractivity contribution in [2.24, 2.45) is 0 Å². The third kappa shape index (κ3) is 5.37. The van der Waals surface area contributed by atoms with Gasteiger partial charge in [0.1, 0.15) is 12.3 Å². The number of benzene rings is 3. The molecular weight excluding hydrogens is 436 g/mol. The van der Waals surface area contributed by atoms with Crippen LogP contribution in [0.2, 0.25) is 5.02 Å². The molecule has 0 aliphatic rings. The molecule has 0 spiro atoms. The first kappa shape index (κ1) is 22.7. The van der Waals surface area contributed by atoms with Gasteiger partial charge < -0.3 is 10.1 Å². The zero-order valence-corrected chi connectivity index (χ0v) is 18.7. The summed E-state index contributed by atoms with van der Waals surface area (Å²) < 4.78 is 32.9. The quantitative estimate of drug-likeness (QED) is 0.542. The van der Waals surface area contributed by atoms with E-state index in [4.69, 9.17) is 16.3 Å². The Kier molecular flexibility index (Phi) is 7.20. The zero-order valence-electron chi connectivity index (χ0n) is 17.2. The van der Waals surface area contributed by atoms with Gasteiger partial charge in [-0.1, -0.05) is 60.1 Å². The molecule has 0 aliphatic heterocycles. The van der Waals surface area contributed by atoms with Crippen LogP contribution in [-0.2, 0) is 14.8 Å². The van der Waals surface area contributed by atoms with Gasteiger partial charge in [-0.25, -0.2) is 8.42 Å². The zero-order chi connectivity index (χ0) is 22.4. The molecule has 1 amide bonds. The normalized spacial score (nSPS) is 12.1. The molecule has 6 nitrogen and oxygen atoms in total. The maximum atomic E-state index is 13.4. The summed E-state index contributed by atoms with van der Waals surface area (Å²) in [6, 6.07) is 21.7. The van der Waals surface area contributed by atoms with Crippen molar-refractivity contribution in [1.29, 1.82) is 0 Å². The van der Waals surface area contributed by atoms with E-state index in [0.29, 0.717) is 5.75 Å². The number of halogens is 1. The molecule has 1 atom stereocenters. The first-order valence-corrected chi connectivity index (χ1v) is 11.4. The molecule has 0 fully saturated rings. The minimum Gasteiger partial charge on any atom is -0.495 e. The fraction of sp³-hybridized carbons (Fsp3) is 0.174. The summed E-state index contributed by atoms with van der Waals surface area (Å²) in [5, 5.41) is 3.10. The Labute approximate surface area is 187 Å². The smallest absolute Gasteiger partial charge is 0.264 e. The van der Waals surface area contributed by atoms with Crippen LogP contribution in [0.5, 0.6) is 5.75 Å². The highest BCUT2D eigenvalue weighted by molar-refractivity contribution is 7.92. The molecule has 31 heavy (non-hydrogen) atoms. The van der Waals surface area contributed by atoms with Gasteiger partial charge in [0, 0.05) is 0 Å². The van der Waals surface area contributed by atoms with E-state index in [9.17, 15) is 13.2 Å². The Morgan fingerprint density at radius 1 is 1.03 bits per heavy atom. The van der Waals surface area contributed by atoms with Crippen LogP contribution in [0.25, 0.3) is 0 Å². The van der Waals surface area contributed by atoms with Crippen molar-refractivity contribution >= 4 is 33.2 Å². The second-order valence-corrected chi connectivity index (χ2v) is 9.11. The van der Waals surface area contributed by atoms with Crippen LogP contribution in [0.15, 0.2) is 83.8 Å². The number of amides is 1. The van der Waals surface area contributed by atoms with Crippen LogP contribution in [0.3, 0.4) is 0 Å². The number of carbonyl (C=O) groups excluding carboxylic acids is 1. The lowest BCUT2D eigenvalue weighted by molar-refractivity contribution is -0.120. The average molecular weight is 459 g/mol. The number of hydrogen-bond acceptors (Lipinski definition) is 4. The Balaban J connectivity index is 1.92. The Hall–Kier alpha value is -3.03. The van der Waals surface area contributed by atoms with E-state index < -0.39 is 22.5 Å². The lowest BCUT2D eigenvalue weighted by atomic mass is 10.1. The first-order valence-electron chi connectivity index (χ1n) is 9.58. The Bertz CT molecular complexity index is 1140. The van der Waals surface area contributed by atoms with E-state index in [2.05, 4.69) is 5.32 Å². The van der Waals surface area contributed by atoms with Gasteiger partial charge in [-0.3, -0.25) is 9.10 Å². The molecule has 0 heterocycles. The summed E-state index contributed by atoms with van der Waals surface area (Å²) in [7, 11) is -2.54. The number of ether oxygens (including phenoxy) is 1. The van der Waals surface area contributed by atoms with Gasteiger partial charge in [0.2, 0.25) is 5.91 Å².